The van der Waals surface area contributed by atoms with Crippen molar-refractivity contribution in [2.24, 2.45) is 0 Å². The Morgan fingerprint density at radius 3 is 3.20 bits per heavy atom. The Hall–Kier alpha value is -1.20. The molecule has 82 valence electrons. The molecule has 0 bridgehead atoms. The number of nitrogens with zero attached hydrogens (tertiary/aromatic N) is 3. The van der Waals surface area contributed by atoms with E-state index in [0.717, 1.165) is 25.9 Å². The fourth-order valence-corrected chi connectivity index (χ4v) is 1.65. The molecule has 0 saturated carbocycles. The van der Waals surface area contributed by atoms with Gasteiger partial charge in [-0.1, -0.05) is 0 Å². The van der Waals surface area contributed by atoms with Crippen molar-refractivity contribution >= 4 is 0 Å². The molecule has 0 aliphatic carbocycles. The Morgan fingerprint density at radius 1 is 1.53 bits per heavy atom. The zero-order valence-electron chi connectivity index (χ0n) is 8.80. The van der Waals surface area contributed by atoms with Gasteiger partial charge in [-0.3, -0.25) is 0 Å². The Labute approximate surface area is 89.0 Å². The summed E-state index contributed by atoms with van der Waals surface area (Å²) < 4.78 is 5.30. The second-order valence-corrected chi connectivity index (χ2v) is 3.53. The van der Waals surface area contributed by atoms with Crippen LogP contribution >= 0.6 is 0 Å². The first kappa shape index (κ1) is 10.3. The molecule has 0 spiro atoms. The molecular weight excluding hydrogens is 194 g/mol. The van der Waals surface area contributed by atoms with E-state index in [0.29, 0.717) is 5.88 Å². The fraction of sp³-hybridized carbons (Fsp3) is 0.600. The zero-order valence-corrected chi connectivity index (χ0v) is 8.80. The summed E-state index contributed by atoms with van der Waals surface area (Å²) >= 11 is 0. The quantitative estimate of drug-likeness (QED) is 0.739. The van der Waals surface area contributed by atoms with Crippen molar-refractivity contribution in [2.45, 2.75) is 18.9 Å². The number of hydroxylamine groups is 2. The van der Waals surface area contributed by atoms with Gasteiger partial charge in [0.15, 0.2) is 0 Å². The van der Waals surface area contributed by atoms with E-state index in [1.54, 1.807) is 19.4 Å². The Bertz CT molecular complexity index is 294. The minimum Gasteiger partial charge on any atom is -0.385 e. The first-order valence-electron chi connectivity index (χ1n) is 5.10. The Morgan fingerprint density at radius 2 is 2.47 bits per heavy atom. The van der Waals surface area contributed by atoms with Gasteiger partial charge < -0.3 is 9.57 Å². The van der Waals surface area contributed by atoms with Crippen molar-refractivity contribution in [2.75, 3.05) is 20.2 Å². The molecule has 15 heavy (non-hydrogen) atoms. The van der Waals surface area contributed by atoms with Crippen molar-refractivity contribution in [1.82, 2.24) is 15.0 Å². The lowest BCUT2D eigenvalue weighted by atomic mass is 10.1. The molecule has 0 N–H and O–H groups in total. The van der Waals surface area contributed by atoms with Crippen LogP contribution in [0, 0.1) is 0 Å². The van der Waals surface area contributed by atoms with E-state index in [4.69, 9.17) is 9.57 Å². The van der Waals surface area contributed by atoms with Gasteiger partial charge in [0.05, 0.1) is 12.6 Å². The molecule has 0 radical (unpaired) electrons. The van der Waals surface area contributed by atoms with Gasteiger partial charge in [-0.05, 0) is 12.8 Å². The largest absolute Gasteiger partial charge is 0.385 e. The number of hydrogen-bond donors (Lipinski definition) is 0. The molecule has 0 amide bonds. The van der Waals surface area contributed by atoms with E-state index in [1.165, 1.54) is 6.33 Å². The van der Waals surface area contributed by atoms with Crippen molar-refractivity contribution in [3.8, 4) is 5.88 Å². The molecule has 1 fully saturated rings. The molecule has 1 aliphatic rings. The number of aromatic nitrogens is 2. The number of piperidine rings is 1. The maximum Gasteiger partial charge on any atom is 0.241 e. The van der Waals surface area contributed by atoms with Crippen LogP contribution in [0.2, 0.25) is 0 Å². The lowest BCUT2D eigenvalue weighted by Gasteiger charge is -2.30. The van der Waals surface area contributed by atoms with Crippen LogP contribution in [0.5, 0.6) is 5.88 Å². The van der Waals surface area contributed by atoms with Gasteiger partial charge in [-0.15, -0.1) is 5.06 Å². The van der Waals surface area contributed by atoms with Crippen molar-refractivity contribution in [1.29, 1.82) is 0 Å². The molecule has 1 aliphatic heterocycles. The highest BCUT2D eigenvalue weighted by Gasteiger charge is 2.20. The smallest absolute Gasteiger partial charge is 0.241 e. The summed E-state index contributed by atoms with van der Waals surface area (Å²) in [6.45, 7) is 1.71. The molecule has 1 unspecified atom stereocenters. The number of ether oxygens (including phenoxy) is 1. The SMILES string of the molecule is COC1CCCN(Oc2ccncn2)C1. The summed E-state index contributed by atoms with van der Waals surface area (Å²) in [5.74, 6) is 0.585. The zero-order chi connectivity index (χ0) is 10.5. The monoisotopic (exact) mass is 209 g/mol. The van der Waals surface area contributed by atoms with Gasteiger partial charge in [-0.25, -0.2) is 9.97 Å². The fourth-order valence-electron chi connectivity index (χ4n) is 1.65. The normalized spacial score (nSPS) is 22.6. The summed E-state index contributed by atoms with van der Waals surface area (Å²) in [4.78, 5) is 13.4. The second kappa shape index (κ2) is 5.04. The van der Waals surface area contributed by atoms with Crippen molar-refractivity contribution in [3.05, 3.63) is 18.6 Å². The van der Waals surface area contributed by atoms with Crippen LogP contribution in [0.1, 0.15) is 12.8 Å². The molecule has 1 saturated heterocycles. The third-order valence-electron chi connectivity index (χ3n) is 2.45. The first-order chi connectivity index (χ1) is 7.38. The highest BCUT2D eigenvalue weighted by atomic mass is 16.7. The molecular formula is C10H15N3O2. The van der Waals surface area contributed by atoms with Crippen LogP contribution in [0.15, 0.2) is 18.6 Å². The Kier molecular flexibility index (Phi) is 3.47. The molecule has 2 rings (SSSR count). The minimum absolute atomic E-state index is 0.264. The molecule has 0 aromatic carbocycles. The van der Waals surface area contributed by atoms with Crippen LogP contribution in [-0.2, 0) is 4.74 Å². The summed E-state index contributed by atoms with van der Waals surface area (Å²) in [6, 6.07) is 1.75. The Balaban J connectivity index is 1.89. The van der Waals surface area contributed by atoms with E-state index in [-0.39, 0.29) is 6.10 Å². The molecule has 5 heteroatoms. The molecule has 1 aromatic heterocycles. The lowest BCUT2D eigenvalue weighted by molar-refractivity contribution is -0.115. The molecule has 1 aromatic rings. The summed E-state index contributed by atoms with van der Waals surface area (Å²) in [5, 5.41) is 1.89. The second-order valence-electron chi connectivity index (χ2n) is 3.53. The van der Waals surface area contributed by atoms with Crippen LogP contribution < -0.4 is 4.84 Å². The van der Waals surface area contributed by atoms with E-state index < -0.39 is 0 Å². The third-order valence-corrected chi connectivity index (χ3v) is 2.45. The van der Waals surface area contributed by atoms with Crippen LogP contribution in [-0.4, -0.2) is 41.3 Å². The standard InChI is InChI=1S/C10H15N3O2/c1-14-9-3-2-6-13(7-9)15-10-4-5-11-8-12-10/h4-5,8-9H,2-3,6-7H2,1H3. The predicted octanol–water partition coefficient (Wildman–Crippen LogP) is 0.881. The van der Waals surface area contributed by atoms with Gasteiger partial charge in [0.25, 0.3) is 0 Å². The van der Waals surface area contributed by atoms with Gasteiger partial charge in [0.2, 0.25) is 5.88 Å². The van der Waals surface area contributed by atoms with Gasteiger partial charge >= 0.3 is 0 Å². The third kappa shape index (κ3) is 2.87. The van der Waals surface area contributed by atoms with Gasteiger partial charge in [0.1, 0.15) is 6.33 Å². The van der Waals surface area contributed by atoms with E-state index >= 15 is 0 Å². The molecule has 2 heterocycles. The van der Waals surface area contributed by atoms with Crippen molar-refractivity contribution in [3.63, 3.8) is 0 Å². The summed E-state index contributed by atoms with van der Waals surface area (Å²) in [7, 11) is 1.73. The van der Waals surface area contributed by atoms with Crippen molar-refractivity contribution < 1.29 is 9.57 Å². The van der Waals surface area contributed by atoms with Crippen LogP contribution in [0.3, 0.4) is 0 Å². The van der Waals surface area contributed by atoms with E-state index in [1.807, 2.05) is 5.06 Å². The number of rotatable bonds is 3. The average molecular weight is 209 g/mol. The topological polar surface area (TPSA) is 47.5 Å². The maximum absolute atomic E-state index is 5.59. The van der Waals surface area contributed by atoms with E-state index in [9.17, 15) is 0 Å². The van der Waals surface area contributed by atoms with E-state index in [2.05, 4.69) is 9.97 Å². The van der Waals surface area contributed by atoms with Crippen LogP contribution in [0.25, 0.3) is 0 Å². The molecule has 5 nitrogen and oxygen atoms in total. The number of methoxy groups -OCH3 is 1. The predicted molar refractivity (Wildman–Crippen MR) is 54.3 cm³/mol. The van der Waals surface area contributed by atoms with Gasteiger partial charge in [0, 0.05) is 25.9 Å². The average Bonchev–Trinajstić information content (AvgIpc) is 2.31. The highest BCUT2D eigenvalue weighted by Crippen LogP contribution is 2.14. The minimum atomic E-state index is 0.264. The van der Waals surface area contributed by atoms with Crippen LogP contribution in [0.4, 0.5) is 0 Å². The van der Waals surface area contributed by atoms with Gasteiger partial charge in [-0.2, -0.15) is 0 Å². The number of hydrogen-bond acceptors (Lipinski definition) is 5. The summed E-state index contributed by atoms with van der Waals surface area (Å²) in [6.07, 6.45) is 5.59. The highest BCUT2D eigenvalue weighted by molar-refractivity contribution is 5.03. The molecule has 1 atom stereocenters. The maximum atomic E-state index is 5.59. The first-order valence-corrected chi connectivity index (χ1v) is 5.10. The summed E-state index contributed by atoms with van der Waals surface area (Å²) in [5.41, 5.74) is 0. The lowest BCUT2D eigenvalue weighted by Crippen LogP contribution is -2.41.